The Bertz CT molecular complexity index is 437. The molecule has 0 bridgehead atoms. The van der Waals surface area contributed by atoms with Gasteiger partial charge in [0.25, 0.3) is 0 Å². The van der Waals surface area contributed by atoms with Crippen LogP contribution in [0, 0.1) is 12.7 Å². The van der Waals surface area contributed by atoms with Crippen molar-refractivity contribution in [2.75, 3.05) is 0 Å². The molecule has 0 N–H and O–H groups in total. The Balaban J connectivity index is 2.57. The highest BCUT2D eigenvalue weighted by Gasteiger charge is 2.04. The molecule has 0 amide bonds. The summed E-state index contributed by atoms with van der Waals surface area (Å²) in [6.07, 6.45) is 1.26. The standard InChI is InChI=1S/C12H10FN/c1-9-7-11(12(13)8-14-9)10-5-3-2-4-6-10/h2-8H,1H3. The first-order valence-electron chi connectivity index (χ1n) is 4.45. The summed E-state index contributed by atoms with van der Waals surface area (Å²) in [6.45, 7) is 1.85. The lowest BCUT2D eigenvalue weighted by Crippen LogP contribution is -1.88. The molecular formula is C12H10FN. The number of aryl methyl sites for hydroxylation is 1. The molecule has 2 aromatic rings. The van der Waals surface area contributed by atoms with Gasteiger partial charge in [0.1, 0.15) is 5.82 Å². The summed E-state index contributed by atoms with van der Waals surface area (Å²) in [5.41, 5.74) is 2.32. The van der Waals surface area contributed by atoms with E-state index < -0.39 is 0 Å². The molecule has 1 heterocycles. The van der Waals surface area contributed by atoms with E-state index in [2.05, 4.69) is 4.98 Å². The average Bonchev–Trinajstić information content (AvgIpc) is 2.23. The maximum atomic E-state index is 13.4. The maximum Gasteiger partial charge on any atom is 0.149 e. The van der Waals surface area contributed by atoms with Crippen LogP contribution in [0.4, 0.5) is 4.39 Å². The fourth-order valence-corrected chi connectivity index (χ4v) is 1.38. The zero-order valence-corrected chi connectivity index (χ0v) is 7.87. The lowest BCUT2D eigenvalue weighted by molar-refractivity contribution is 0.624. The van der Waals surface area contributed by atoms with Crippen LogP contribution >= 0.6 is 0 Å². The Morgan fingerprint density at radius 1 is 1.14 bits per heavy atom. The van der Waals surface area contributed by atoms with Crippen molar-refractivity contribution in [3.05, 3.63) is 54.1 Å². The van der Waals surface area contributed by atoms with E-state index in [0.717, 1.165) is 11.3 Å². The molecule has 1 aromatic heterocycles. The van der Waals surface area contributed by atoms with E-state index in [9.17, 15) is 4.39 Å². The number of hydrogen-bond donors (Lipinski definition) is 0. The SMILES string of the molecule is Cc1cc(-c2ccccc2)c(F)cn1. The molecular weight excluding hydrogens is 177 g/mol. The molecule has 0 spiro atoms. The van der Waals surface area contributed by atoms with Gasteiger partial charge < -0.3 is 0 Å². The van der Waals surface area contributed by atoms with Gasteiger partial charge in [-0.2, -0.15) is 0 Å². The van der Waals surface area contributed by atoms with E-state index >= 15 is 0 Å². The van der Waals surface area contributed by atoms with Gasteiger partial charge in [0.15, 0.2) is 0 Å². The number of hydrogen-bond acceptors (Lipinski definition) is 1. The lowest BCUT2D eigenvalue weighted by Gasteiger charge is -2.03. The molecule has 0 unspecified atom stereocenters. The molecule has 2 rings (SSSR count). The Kier molecular flexibility index (Phi) is 2.27. The summed E-state index contributed by atoms with van der Waals surface area (Å²) in [7, 11) is 0. The van der Waals surface area contributed by atoms with Crippen molar-refractivity contribution in [2.24, 2.45) is 0 Å². The van der Waals surface area contributed by atoms with Crippen molar-refractivity contribution in [1.29, 1.82) is 0 Å². The average molecular weight is 187 g/mol. The second-order valence-corrected chi connectivity index (χ2v) is 3.17. The highest BCUT2D eigenvalue weighted by Crippen LogP contribution is 2.22. The molecule has 0 fully saturated rings. The van der Waals surface area contributed by atoms with Crippen molar-refractivity contribution in [2.45, 2.75) is 6.92 Å². The van der Waals surface area contributed by atoms with Crippen LogP contribution in [-0.4, -0.2) is 4.98 Å². The molecule has 0 aliphatic heterocycles. The number of halogens is 1. The van der Waals surface area contributed by atoms with Gasteiger partial charge in [-0.1, -0.05) is 30.3 Å². The van der Waals surface area contributed by atoms with Crippen molar-refractivity contribution in [3.8, 4) is 11.1 Å². The third kappa shape index (κ3) is 1.64. The first kappa shape index (κ1) is 8.88. The minimum absolute atomic E-state index is 0.276. The van der Waals surface area contributed by atoms with Crippen LogP contribution in [0.3, 0.4) is 0 Å². The minimum Gasteiger partial charge on any atom is -0.259 e. The van der Waals surface area contributed by atoms with E-state index in [4.69, 9.17) is 0 Å². The Hall–Kier alpha value is -1.70. The van der Waals surface area contributed by atoms with Crippen molar-refractivity contribution < 1.29 is 4.39 Å². The summed E-state index contributed by atoms with van der Waals surface area (Å²) in [5.74, 6) is -0.276. The van der Waals surface area contributed by atoms with Gasteiger partial charge in [-0.15, -0.1) is 0 Å². The molecule has 0 aliphatic rings. The molecule has 2 heteroatoms. The quantitative estimate of drug-likeness (QED) is 0.668. The first-order valence-corrected chi connectivity index (χ1v) is 4.45. The van der Waals surface area contributed by atoms with E-state index in [0.29, 0.717) is 5.56 Å². The van der Waals surface area contributed by atoms with E-state index in [1.54, 1.807) is 6.07 Å². The van der Waals surface area contributed by atoms with Gasteiger partial charge in [0, 0.05) is 11.3 Å². The molecule has 70 valence electrons. The monoisotopic (exact) mass is 187 g/mol. The Morgan fingerprint density at radius 3 is 2.57 bits per heavy atom. The molecule has 0 atom stereocenters. The summed E-state index contributed by atoms with van der Waals surface area (Å²) in [6, 6.07) is 11.2. The number of nitrogens with zero attached hydrogens (tertiary/aromatic N) is 1. The van der Waals surface area contributed by atoms with Gasteiger partial charge >= 0.3 is 0 Å². The van der Waals surface area contributed by atoms with Crippen molar-refractivity contribution in [1.82, 2.24) is 4.98 Å². The second kappa shape index (κ2) is 3.58. The highest BCUT2D eigenvalue weighted by molar-refractivity contribution is 5.63. The second-order valence-electron chi connectivity index (χ2n) is 3.17. The molecule has 14 heavy (non-hydrogen) atoms. The fraction of sp³-hybridized carbons (Fsp3) is 0.0833. The zero-order chi connectivity index (χ0) is 9.97. The third-order valence-electron chi connectivity index (χ3n) is 2.08. The maximum absolute atomic E-state index is 13.4. The van der Waals surface area contributed by atoms with Gasteiger partial charge in [-0.25, -0.2) is 4.39 Å². The van der Waals surface area contributed by atoms with Gasteiger partial charge in [-0.05, 0) is 18.6 Å². The predicted octanol–water partition coefficient (Wildman–Crippen LogP) is 3.20. The first-order chi connectivity index (χ1) is 6.77. The molecule has 1 nitrogen and oxygen atoms in total. The smallest absolute Gasteiger partial charge is 0.149 e. The van der Waals surface area contributed by atoms with Gasteiger partial charge in [0.2, 0.25) is 0 Å². The van der Waals surface area contributed by atoms with Gasteiger partial charge in [0.05, 0.1) is 6.20 Å². The molecule has 0 radical (unpaired) electrons. The van der Waals surface area contributed by atoms with Gasteiger partial charge in [-0.3, -0.25) is 4.98 Å². The minimum atomic E-state index is -0.276. The molecule has 0 saturated heterocycles. The van der Waals surface area contributed by atoms with Crippen LogP contribution in [0.2, 0.25) is 0 Å². The van der Waals surface area contributed by atoms with Crippen molar-refractivity contribution >= 4 is 0 Å². The zero-order valence-electron chi connectivity index (χ0n) is 7.87. The van der Waals surface area contributed by atoms with Crippen LogP contribution < -0.4 is 0 Å². The highest BCUT2D eigenvalue weighted by atomic mass is 19.1. The van der Waals surface area contributed by atoms with Crippen LogP contribution in [0.5, 0.6) is 0 Å². The van der Waals surface area contributed by atoms with Crippen molar-refractivity contribution in [3.63, 3.8) is 0 Å². The third-order valence-corrected chi connectivity index (χ3v) is 2.08. The number of rotatable bonds is 1. The fourth-order valence-electron chi connectivity index (χ4n) is 1.38. The Morgan fingerprint density at radius 2 is 1.86 bits per heavy atom. The molecule has 1 aromatic carbocycles. The normalized spacial score (nSPS) is 10.1. The summed E-state index contributed by atoms with van der Waals surface area (Å²) < 4.78 is 13.4. The van der Waals surface area contributed by atoms with E-state index in [1.807, 2.05) is 37.3 Å². The van der Waals surface area contributed by atoms with Crippen LogP contribution in [-0.2, 0) is 0 Å². The number of benzene rings is 1. The van der Waals surface area contributed by atoms with Crippen LogP contribution in [0.15, 0.2) is 42.6 Å². The molecule has 0 saturated carbocycles. The number of pyridine rings is 1. The van der Waals surface area contributed by atoms with Crippen LogP contribution in [0.1, 0.15) is 5.69 Å². The summed E-state index contributed by atoms with van der Waals surface area (Å²) >= 11 is 0. The summed E-state index contributed by atoms with van der Waals surface area (Å²) in [4.78, 5) is 3.89. The predicted molar refractivity (Wildman–Crippen MR) is 54.4 cm³/mol. The van der Waals surface area contributed by atoms with Crippen LogP contribution in [0.25, 0.3) is 11.1 Å². The number of aromatic nitrogens is 1. The van der Waals surface area contributed by atoms with E-state index in [1.165, 1.54) is 6.20 Å². The molecule has 0 aliphatic carbocycles. The van der Waals surface area contributed by atoms with E-state index in [-0.39, 0.29) is 5.82 Å². The Labute approximate surface area is 82.2 Å². The largest absolute Gasteiger partial charge is 0.259 e. The topological polar surface area (TPSA) is 12.9 Å². The lowest BCUT2D eigenvalue weighted by atomic mass is 10.1. The summed E-state index contributed by atoms with van der Waals surface area (Å²) in [5, 5.41) is 0.